The van der Waals surface area contributed by atoms with Crippen molar-refractivity contribution in [3.63, 3.8) is 0 Å². The van der Waals surface area contributed by atoms with Gasteiger partial charge in [-0.05, 0) is 65.4 Å². The summed E-state index contributed by atoms with van der Waals surface area (Å²) in [6.07, 6.45) is 4.91. The van der Waals surface area contributed by atoms with E-state index in [1.54, 1.807) is 6.07 Å². The van der Waals surface area contributed by atoms with E-state index in [0.717, 1.165) is 19.3 Å². The normalized spacial score (nSPS) is 22.0. The molecular weight excluding hydrogens is 434 g/mol. The lowest BCUT2D eigenvalue weighted by molar-refractivity contribution is 0.00549. The topological polar surface area (TPSA) is 141 Å². The molecule has 1 amide bonds. The quantitative estimate of drug-likeness (QED) is 0.406. The molecule has 2 fully saturated rings. The summed E-state index contributed by atoms with van der Waals surface area (Å²) >= 11 is 0. The standard InChI is InChI=1S/C24H31N7O3/c1-14(22(29-26)16-9-20-27-13-18(12-25)31(20)21(32)10-16)28-17-7-8-30(19(11-17)15-5-6-15)23(33)34-24(2,3)4/h9-10,13,15,17,19,27H,5-8,11,26H2,1-4H3/b28-14?,29-22+. The molecule has 1 aliphatic heterocycles. The molecule has 2 aromatic rings. The van der Waals surface area contributed by atoms with Crippen LogP contribution in [0.1, 0.15) is 64.6 Å². The molecule has 2 aliphatic rings. The number of likely N-dealkylation sites (tertiary alicyclic amines) is 1. The Hall–Kier alpha value is -3.61. The fourth-order valence-electron chi connectivity index (χ4n) is 4.63. The molecule has 3 heterocycles. The highest BCUT2D eigenvalue weighted by atomic mass is 16.6. The van der Waals surface area contributed by atoms with E-state index in [2.05, 4.69) is 10.1 Å². The van der Waals surface area contributed by atoms with Crippen LogP contribution < -0.4 is 11.4 Å². The van der Waals surface area contributed by atoms with Gasteiger partial charge in [0.15, 0.2) is 0 Å². The molecule has 2 aromatic heterocycles. The minimum Gasteiger partial charge on any atom is -0.444 e. The van der Waals surface area contributed by atoms with Crippen LogP contribution in [0.15, 0.2) is 33.2 Å². The number of imidazole rings is 1. The van der Waals surface area contributed by atoms with Crippen LogP contribution in [0, 0.1) is 17.2 Å². The van der Waals surface area contributed by atoms with Crippen LogP contribution in [0.2, 0.25) is 0 Å². The van der Waals surface area contributed by atoms with Crippen molar-refractivity contribution in [1.82, 2.24) is 14.3 Å². The number of hydrogen-bond donors (Lipinski definition) is 2. The van der Waals surface area contributed by atoms with Gasteiger partial charge >= 0.3 is 6.09 Å². The Labute approximate surface area is 198 Å². The molecule has 2 atom stereocenters. The summed E-state index contributed by atoms with van der Waals surface area (Å²) in [5.74, 6) is 6.19. The summed E-state index contributed by atoms with van der Waals surface area (Å²) in [4.78, 5) is 35.1. The second kappa shape index (κ2) is 8.97. The van der Waals surface area contributed by atoms with Gasteiger partial charge in [0.05, 0.1) is 11.8 Å². The Kier molecular flexibility index (Phi) is 6.21. The number of fused-ring (bicyclic) bond motifs is 1. The minimum atomic E-state index is -0.532. The number of nitrogens with two attached hydrogens (primary N) is 1. The average Bonchev–Trinajstić information content (AvgIpc) is 3.52. The number of pyridine rings is 1. The van der Waals surface area contributed by atoms with Crippen molar-refractivity contribution in [3.8, 4) is 6.07 Å². The third-order valence-corrected chi connectivity index (χ3v) is 6.28. The van der Waals surface area contributed by atoms with E-state index >= 15 is 0 Å². The van der Waals surface area contributed by atoms with E-state index in [-0.39, 0.29) is 29.4 Å². The molecule has 10 nitrogen and oxygen atoms in total. The van der Waals surface area contributed by atoms with E-state index < -0.39 is 5.60 Å². The van der Waals surface area contributed by atoms with Crippen molar-refractivity contribution >= 4 is 23.2 Å². The van der Waals surface area contributed by atoms with E-state index in [9.17, 15) is 14.9 Å². The maximum Gasteiger partial charge on any atom is 0.410 e. The minimum absolute atomic E-state index is 0.0153. The van der Waals surface area contributed by atoms with Gasteiger partial charge in [0.25, 0.3) is 5.56 Å². The maximum absolute atomic E-state index is 12.8. The van der Waals surface area contributed by atoms with E-state index in [0.29, 0.717) is 41.5 Å². The van der Waals surface area contributed by atoms with Gasteiger partial charge in [0.2, 0.25) is 0 Å². The van der Waals surface area contributed by atoms with Crippen LogP contribution in [0.5, 0.6) is 0 Å². The second-order valence-corrected chi connectivity index (χ2v) is 10.0. The van der Waals surface area contributed by atoms with Gasteiger partial charge in [-0.1, -0.05) is 0 Å². The SMILES string of the molecule is CC(=NC1CCN(C(=O)OC(C)(C)C)C(C2CC2)C1)/C(=N\N)c1cc(=O)n2c(C#N)c[nH]c2c1. The lowest BCUT2D eigenvalue weighted by Crippen LogP contribution is -2.50. The Balaban J connectivity index is 1.55. The van der Waals surface area contributed by atoms with Crippen LogP contribution in [0.25, 0.3) is 5.65 Å². The van der Waals surface area contributed by atoms with E-state index in [4.69, 9.17) is 15.6 Å². The lowest BCUT2D eigenvalue weighted by Gasteiger charge is -2.39. The highest BCUT2D eigenvalue weighted by Gasteiger charge is 2.42. The fraction of sp³-hybridized carbons (Fsp3) is 0.542. The summed E-state index contributed by atoms with van der Waals surface area (Å²) in [6.45, 7) is 8.04. The summed E-state index contributed by atoms with van der Waals surface area (Å²) in [6, 6.07) is 5.24. The largest absolute Gasteiger partial charge is 0.444 e. The number of hydrogen-bond acceptors (Lipinski definition) is 7. The van der Waals surface area contributed by atoms with Gasteiger partial charge in [-0.2, -0.15) is 10.4 Å². The summed E-state index contributed by atoms with van der Waals surface area (Å²) < 4.78 is 6.93. The zero-order chi connectivity index (χ0) is 24.6. The number of amides is 1. The Bertz CT molecular complexity index is 1250. The summed E-state index contributed by atoms with van der Waals surface area (Å²) in [5, 5.41) is 13.1. The molecule has 1 saturated heterocycles. The number of H-pyrrole nitrogens is 1. The number of hydrazone groups is 1. The molecule has 4 rings (SSSR count). The number of aromatic amines is 1. The second-order valence-electron chi connectivity index (χ2n) is 10.0. The first-order valence-corrected chi connectivity index (χ1v) is 11.6. The molecule has 34 heavy (non-hydrogen) atoms. The number of nitrogens with one attached hydrogen (secondary N) is 1. The number of aliphatic imine (C=N–C) groups is 1. The van der Waals surface area contributed by atoms with Crippen LogP contribution >= 0.6 is 0 Å². The predicted octanol–water partition coefficient (Wildman–Crippen LogP) is 2.80. The van der Waals surface area contributed by atoms with E-state index in [1.165, 1.54) is 16.7 Å². The monoisotopic (exact) mass is 465 g/mol. The van der Waals surface area contributed by atoms with Crippen LogP contribution in [-0.4, -0.2) is 56.0 Å². The van der Waals surface area contributed by atoms with Crippen molar-refractivity contribution in [1.29, 1.82) is 5.26 Å². The van der Waals surface area contributed by atoms with Crippen molar-refractivity contribution in [2.45, 2.75) is 71.1 Å². The van der Waals surface area contributed by atoms with Crippen molar-refractivity contribution < 1.29 is 9.53 Å². The third-order valence-electron chi connectivity index (χ3n) is 6.28. The van der Waals surface area contributed by atoms with Gasteiger partial charge in [0.1, 0.15) is 28.7 Å². The van der Waals surface area contributed by atoms with E-state index in [1.807, 2.05) is 38.7 Å². The van der Waals surface area contributed by atoms with Gasteiger partial charge < -0.3 is 20.5 Å². The summed E-state index contributed by atoms with van der Waals surface area (Å²) in [7, 11) is 0. The Morgan fingerprint density at radius 1 is 1.29 bits per heavy atom. The van der Waals surface area contributed by atoms with Crippen molar-refractivity contribution in [2.24, 2.45) is 21.9 Å². The van der Waals surface area contributed by atoms with Crippen LogP contribution in [0.4, 0.5) is 4.79 Å². The molecule has 0 bridgehead atoms. The Morgan fingerprint density at radius 2 is 2.03 bits per heavy atom. The number of aromatic nitrogens is 2. The molecule has 1 saturated carbocycles. The molecule has 10 heteroatoms. The number of rotatable bonds is 4. The molecule has 3 N–H and O–H groups in total. The first kappa shape index (κ1) is 23.5. The Morgan fingerprint density at radius 3 is 2.65 bits per heavy atom. The van der Waals surface area contributed by atoms with Crippen molar-refractivity contribution in [3.05, 3.63) is 39.9 Å². The highest BCUT2D eigenvalue weighted by Crippen LogP contribution is 2.40. The zero-order valence-corrected chi connectivity index (χ0v) is 20.0. The fourth-order valence-corrected chi connectivity index (χ4v) is 4.63. The molecule has 0 radical (unpaired) electrons. The van der Waals surface area contributed by atoms with Crippen molar-refractivity contribution in [2.75, 3.05) is 6.54 Å². The molecule has 0 spiro atoms. The van der Waals surface area contributed by atoms with Gasteiger partial charge in [-0.25, -0.2) is 4.79 Å². The molecular formula is C24H31N7O3. The van der Waals surface area contributed by atoms with Crippen LogP contribution in [0.3, 0.4) is 0 Å². The third kappa shape index (κ3) is 4.83. The smallest absolute Gasteiger partial charge is 0.410 e. The number of piperidine rings is 1. The molecule has 180 valence electrons. The van der Waals surface area contributed by atoms with Gasteiger partial charge in [-0.3, -0.25) is 14.2 Å². The zero-order valence-electron chi connectivity index (χ0n) is 20.0. The highest BCUT2D eigenvalue weighted by molar-refractivity contribution is 6.47. The molecule has 0 aromatic carbocycles. The maximum atomic E-state index is 12.8. The average molecular weight is 466 g/mol. The molecule has 2 unspecified atom stereocenters. The number of carbonyl (C=O) groups is 1. The number of nitriles is 1. The molecule has 1 aliphatic carbocycles. The lowest BCUT2D eigenvalue weighted by atomic mass is 9.94. The van der Waals surface area contributed by atoms with Gasteiger partial charge in [-0.15, -0.1) is 0 Å². The number of ether oxygens (including phenoxy) is 1. The number of carbonyl (C=O) groups excluding carboxylic acids is 1. The first-order chi connectivity index (χ1) is 16.1. The predicted molar refractivity (Wildman–Crippen MR) is 129 cm³/mol. The van der Waals surface area contributed by atoms with Crippen LogP contribution in [-0.2, 0) is 4.74 Å². The summed E-state index contributed by atoms with van der Waals surface area (Å²) in [5.41, 5.74) is 1.41. The first-order valence-electron chi connectivity index (χ1n) is 11.6. The van der Waals surface area contributed by atoms with Gasteiger partial charge in [0, 0.05) is 30.4 Å². The number of nitrogens with zero attached hydrogens (tertiary/aromatic N) is 5.